The summed E-state index contributed by atoms with van der Waals surface area (Å²) in [7, 11) is 1.57. The number of nitrogens with one attached hydrogen (secondary N) is 2. The standard InChI is InChI=1S/C25H39F2N3O6/c1-35-10-11-36-18-5-3-17(4-6-18)25(26,27)24(34)28-13-15-2-7-19-16(12-15)14-30(23(19)33)20-8-9-21(31)29-22(20)32/h3,5,7,12,15,17-18,20-24,28-29,31-34H,2,4,6,8-11,13-14H2,1H3/t15-,17+,18-,20?,21-,22?,23+,24+/m1/s1. The molecule has 0 aromatic heterocycles. The van der Waals surface area contributed by atoms with Gasteiger partial charge in [0.2, 0.25) is 0 Å². The quantitative estimate of drug-likeness (QED) is 0.139. The number of methoxy groups -OCH3 is 1. The molecule has 0 bridgehead atoms. The number of ether oxygens (including phenoxy) is 2. The lowest BCUT2D eigenvalue weighted by atomic mass is 9.87. The number of aliphatic hydroxyl groups excluding tert-OH is 4. The SMILES string of the molecule is COCCO[C@@H]1C=C[C@H](C(F)(F)[C@H](O)NC[C@H]2C=C3CN(C4CC[C@@H](O)NC4O)[C@@H](O)C3=CC2)CC1. The van der Waals surface area contributed by atoms with E-state index in [9.17, 15) is 29.2 Å². The molecule has 4 aliphatic rings. The largest absolute Gasteiger partial charge is 0.382 e. The number of hydrogen-bond acceptors (Lipinski definition) is 9. The van der Waals surface area contributed by atoms with Crippen LogP contribution in [0, 0.1) is 11.8 Å². The predicted octanol–water partition coefficient (Wildman–Crippen LogP) is 0.423. The molecule has 9 nitrogen and oxygen atoms in total. The third-order valence-electron chi connectivity index (χ3n) is 7.65. The van der Waals surface area contributed by atoms with E-state index in [1.165, 1.54) is 6.08 Å². The summed E-state index contributed by atoms with van der Waals surface area (Å²) in [6.45, 7) is 1.43. The summed E-state index contributed by atoms with van der Waals surface area (Å²) in [6, 6.07) is -0.346. The predicted molar refractivity (Wildman–Crippen MR) is 128 cm³/mol. The van der Waals surface area contributed by atoms with Crippen molar-refractivity contribution in [3.8, 4) is 0 Å². The first-order valence-electron chi connectivity index (χ1n) is 12.8. The molecule has 204 valence electrons. The smallest absolute Gasteiger partial charge is 0.292 e. The van der Waals surface area contributed by atoms with Crippen LogP contribution in [0.1, 0.15) is 32.1 Å². The molecule has 0 radical (unpaired) electrons. The second kappa shape index (κ2) is 12.1. The molecule has 36 heavy (non-hydrogen) atoms. The Labute approximate surface area is 210 Å². The minimum atomic E-state index is -3.33. The van der Waals surface area contributed by atoms with E-state index in [1.54, 1.807) is 18.1 Å². The summed E-state index contributed by atoms with van der Waals surface area (Å²) in [6.07, 6.45) is 4.37. The number of alkyl halides is 2. The van der Waals surface area contributed by atoms with Crippen molar-refractivity contribution < 1.29 is 38.7 Å². The number of aliphatic hydroxyl groups is 4. The topological polar surface area (TPSA) is 127 Å². The Morgan fingerprint density at radius 1 is 1.17 bits per heavy atom. The first-order valence-corrected chi connectivity index (χ1v) is 12.8. The van der Waals surface area contributed by atoms with Crippen molar-refractivity contribution in [3.63, 3.8) is 0 Å². The van der Waals surface area contributed by atoms with Crippen LogP contribution in [0.2, 0.25) is 0 Å². The molecule has 2 unspecified atom stereocenters. The molecule has 4 rings (SSSR count). The molecule has 2 saturated heterocycles. The second-order valence-electron chi connectivity index (χ2n) is 10.1. The molecule has 2 aliphatic heterocycles. The van der Waals surface area contributed by atoms with E-state index in [-0.39, 0.29) is 31.0 Å². The lowest BCUT2D eigenvalue weighted by Crippen LogP contribution is -2.58. The van der Waals surface area contributed by atoms with Gasteiger partial charge in [-0.25, -0.2) is 8.78 Å². The minimum Gasteiger partial charge on any atom is -0.382 e. The zero-order valence-corrected chi connectivity index (χ0v) is 20.6. The first-order chi connectivity index (χ1) is 17.2. The number of fused-ring (bicyclic) bond motifs is 1. The normalized spacial score (nSPS) is 36.4. The fraction of sp³-hybridized carbons (Fsp3) is 0.760. The summed E-state index contributed by atoms with van der Waals surface area (Å²) in [5.41, 5.74) is 1.67. The zero-order valence-electron chi connectivity index (χ0n) is 20.6. The molecular weight excluding hydrogens is 476 g/mol. The van der Waals surface area contributed by atoms with Crippen LogP contribution in [0.25, 0.3) is 0 Å². The van der Waals surface area contributed by atoms with Gasteiger partial charge in [-0.3, -0.25) is 15.5 Å². The van der Waals surface area contributed by atoms with Gasteiger partial charge in [-0.1, -0.05) is 24.3 Å². The number of rotatable bonds is 10. The molecule has 8 atom stereocenters. The number of hydrogen-bond donors (Lipinski definition) is 6. The van der Waals surface area contributed by atoms with Crippen molar-refractivity contribution in [2.75, 3.05) is 33.4 Å². The highest BCUT2D eigenvalue weighted by atomic mass is 19.3. The molecule has 0 spiro atoms. The monoisotopic (exact) mass is 515 g/mol. The maximum absolute atomic E-state index is 14.9. The van der Waals surface area contributed by atoms with E-state index in [2.05, 4.69) is 10.6 Å². The van der Waals surface area contributed by atoms with Gasteiger partial charge in [0, 0.05) is 26.1 Å². The van der Waals surface area contributed by atoms with Gasteiger partial charge in [-0.15, -0.1) is 0 Å². The van der Waals surface area contributed by atoms with Gasteiger partial charge >= 0.3 is 0 Å². The number of halogens is 2. The molecule has 2 heterocycles. The minimum absolute atomic E-state index is 0.113. The van der Waals surface area contributed by atoms with Crippen LogP contribution < -0.4 is 10.6 Å². The number of nitrogens with zero attached hydrogens (tertiary/aromatic N) is 1. The van der Waals surface area contributed by atoms with E-state index in [1.807, 2.05) is 12.2 Å². The molecule has 2 fully saturated rings. The Morgan fingerprint density at radius 2 is 1.97 bits per heavy atom. The Balaban J connectivity index is 1.28. The summed E-state index contributed by atoms with van der Waals surface area (Å²) in [4.78, 5) is 1.79. The van der Waals surface area contributed by atoms with Crippen LogP contribution in [-0.4, -0.2) is 102 Å². The highest BCUT2D eigenvalue weighted by Crippen LogP contribution is 2.38. The third kappa shape index (κ3) is 6.23. The molecule has 2 aliphatic carbocycles. The van der Waals surface area contributed by atoms with E-state index in [0.29, 0.717) is 45.4 Å². The Morgan fingerprint density at radius 3 is 2.67 bits per heavy atom. The van der Waals surface area contributed by atoms with Crippen molar-refractivity contribution >= 4 is 0 Å². The lowest BCUT2D eigenvalue weighted by Gasteiger charge is -2.38. The molecule has 6 N–H and O–H groups in total. The maximum atomic E-state index is 14.9. The maximum Gasteiger partial charge on any atom is 0.292 e. The summed E-state index contributed by atoms with van der Waals surface area (Å²) in [5.74, 6) is -4.52. The number of likely N-dealkylation sites (tertiary alicyclic amines) is 1. The molecule has 0 amide bonds. The van der Waals surface area contributed by atoms with E-state index in [0.717, 1.165) is 11.1 Å². The highest BCUT2D eigenvalue weighted by molar-refractivity contribution is 5.42. The Kier molecular flexibility index (Phi) is 9.29. The van der Waals surface area contributed by atoms with Crippen molar-refractivity contribution in [2.24, 2.45) is 11.8 Å². The van der Waals surface area contributed by atoms with Gasteiger partial charge in [0.1, 0.15) is 18.7 Å². The molecular formula is C25H39F2N3O6. The van der Waals surface area contributed by atoms with Gasteiger partial charge in [0.05, 0.1) is 25.4 Å². The van der Waals surface area contributed by atoms with Gasteiger partial charge in [0.25, 0.3) is 5.92 Å². The molecule has 0 saturated carbocycles. The Bertz CT molecular complexity index is 841. The van der Waals surface area contributed by atoms with Crippen LogP contribution >= 0.6 is 0 Å². The van der Waals surface area contributed by atoms with E-state index in [4.69, 9.17) is 9.47 Å². The lowest BCUT2D eigenvalue weighted by molar-refractivity contribution is -0.153. The van der Waals surface area contributed by atoms with Crippen LogP contribution in [0.5, 0.6) is 0 Å². The van der Waals surface area contributed by atoms with Crippen molar-refractivity contribution in [2.45, 2.75) is 75.1 Å². The van der Waals surface area contributed by atoms with Gasteiger partial charge < -0.3 is 29.9 Å². The average Bonchev–Trinajstić information content (AvgIpc) is 3.18. The second-order valence-corrected chi connectivity index (χ2v) is 10.1. The van der Waals surface area contributed by atoms with Crippen molar-refractivity contribution in [1.82, 2.24) is 15.5 Å². The van der Waals surface area contributed by atoms with Crippen LogP contribution in [-0.2, 0) is 9.47 Å². The summed E-state index contributed by atoms with van der Waals surface area (Å²) in [5, 5.41) is 46.4. The highest BCUT2D eigenvalue weighted by Gasteiger charge is 2.46. The molecule has 11 heteroatoms. The number of piperidine rings is 1. The van der Waals surface area contributed by atoms with E-state index < -0.39 is 36.8 Å². The number of allylic oxidation sites excluding steroid dienone is 2. The summed E-state index contributed by atoms with van der Waals surface area (Å²) < 4.78 is 40.4. The Hall–Kier alpha value is -1.28. The van der Waals surface area contributed by atoms with Gasteiger partial charge in [-0.05, 0) is 49.2 Å². The average molecular weight is 516 g/mol. The van der Waals surface area contributed by atoms with Crippen LogP contribution in [0.15, 0.2) is 35.5 Å². The van der Waals surface area contributed by atoms with E-state index >= 15 is 0 Å². The molecule has 0 aromatic carbocycles. The third-order valence-corrected chi connectivity index (χ3v) is 7.65. The van der Waals surface area contributed by atoms with Crippen molar-refractivity contribution in [3.05, 3.63) is 35.5 Å². The fourth-order valence-corrected chi connectivity index (χ4v) is 5.54. The van der Waals surface area contributed by atoms with Gasteiger partial charge in [-0.2, -0.15) is 0 Å². The first kappa shape index (κ1) is 27.7. The van der Waals surface area contributed by atoms with Crippen LogP contribution in [0.3, 0.4) is 0 Å². The van der Waals surface area contributed by atoms with Crippen LogP contribution in [0.4, 0.5) is 8.78 Å². The van der Waals surface area contributed by atoms with Crippen molar-refractivity contribution in [1.29, 1.82) is 0 Å². The fourth-order valence-electron chi connectivity index (χ4n) is 5.54. The van der Waals surface area contributed by atoms with Gasteiger partial charge in [0.15, 0.2) is 6.23 Å². The zero-order chi connectivity index (χ0) is 25.9. The molecule has 0 aromatic rings. The summed E-state index contributed by atoms with van der Waals surface area (Å²) >= 11 is 0.